The molecule has 0 saturated heterocycles. The second-order valence-electron chi connectivity index (χ2n) is 7.47. The summed E-state index contributed by atoms with van der Waals surface area (Å²) in [7, 11) is 1.86. The van der Waals surface area contributed by atoms with Crippen LogP contribution < -0.4 is 5.32 Å². The third-order valence-electron chi connectivity index (χ3n) is 5.10. The molecule has 1 aromatic heterocycles. The fraction of sp³-hybridized carbons (Fsp3) is 0.304. The summed E-state index contributed by atoms with van der Waals surface area (Å²) < 4.78 is 1.89. The van der Waals surface area contributed by atoms with Crippen LogP contribution in [0.2, 0.25) is 0 Å². The van der Waals surface area contributed by atoms with Crippen LogP contribution in [0.1, 0.15) is 18.4 Å². The minimum atomic E-state index is 0. The van der Waals surface area contributed by atoms with Crippen LogP contribution in [0.25, 0.3) is 16.9 Å². The van der Waals surface area contributed by atoms with E-state index < -0.39 is 0 Å². The number of benzene rings is 2. The first-order valence-electron chi connectivity index (χ1n) is 9.85. The Bertz CT molecular complexity index is 923. The standard InChI is InChI=1S/C23H26N4O.ClH/c1-26(22(28)15-24-14-18-12-13-18)16-20-17-27(21-10-6-3-7-11-21)25-23(20)19-8-4-2-5-9-19;/h2-11,17-18,24H,12-16H2,1H3;1H. The Hall–Kier alpha value is -2.63. The summed E-state index contributed by atoms with van der Waals surface area (Å²) in [6, 6.07) is 20.2. The van der Waals surface area contributed by atoms with E-state index in [0.29, 0.717) is 13.1 Å². The van der Waals surface area contributed by atoms with Crippen LogP contribution in [0.15, 0.2) is 66.9 Å². The molecule has 5 nitrogen and oxygen atoms in total. The number of carbonyl (C=O) groups excluding carboxylic acids is 1. The molecular formula is C23H27ClN4O. The molecule has 0 radical (unpaired) electrons. The second kappa shape index (κ2) is 9.72. The molecule has 0 bridgehead atoms. The molecule has 2 aromatic carbocycles. The van der Waals surface area contributed by atoms with Gasteiger partial charge in [-0.05, 0) is 37.4 Å². The van der Waals surface area contributed by atoms with E-state index in [0.717, 1.165) is 35.0 Å². The quantitative estimate of drug-likeness (QED) is 0.612. The van der Waals surface area contributed by atoms with Gasteiger partial charge in [0.2, 0.25) is 5.91 Å². The Labute approximate surface area is 178 Å². The van der Waals surface area contributed by atoms with Gasteiger partial charge >= 0.3 is 0 Å². The molecule has 29 heavy (non-hydrogen) atoms. The number of amides is 1. The Morgan fingerprint density at radius 2 is 1.76 bits per heavy atom. The summed E-state index contributed by atoms with van der Waals surface area (Å²) >= 11 is 0. The van der Waals surface area contributed by atoms with E-state index in [1.807, 2.05) is 66.5 Å². The monoisotopic (exact) mass is 410 g/mol. The lowest BCUT2D eigenvalue weighted by molar-refractivity contribution is -0.129. The zero-order chi connectivity index (χ0) is 19.3. The topological polar surface area (TPSA) is 50.2 Å². The number of hydrogen-bond donors (Lipinski definition) is 1. The smallest absolute Gasteiger partial charge is 0.236 e. The Morgan fingerprint density at radius 1 is 1.10 bits per heavy atom. The molecule has 1 amide bonds. The van der Waals surface area contributed by atoms with Crippen LogP contribution in [-0.2, 0) is 11.3 Å². The van der Waals surface area contributed by atoms with Crippen LogP contribution in [0.4, 0.5) is 0 Å². The highest BCUT2D eigenvalue weighted by Crippen LogP contribution is 2.27. The summed E-state index contributed by atoms with van der Waals surface area (Å²) in [6.07, 6.45) is 4.60. The van der Waals surface area contributed by atoms with E-state index in [1.165, 1.54) is 12.8 Å². The fourth-order valence-corrected chi connectivity index (χ4v) is 3.26. The van der Waals surface area contributed by atoms with Gasteiger partial charge in [-0.15, -0.1) is 12.4 Å². The highest BCUT2D eigenvalue weighted by molar-refractivity contribution is 5.85. The average molecular weight is 411 g/mol. The van der Waals surface area contributed by atoms with E-state index in [-0.39, 0.29) is 18.3 Å². The number of hydrogen-bond acceptors (Lipinski definition) is 3. The highest BCUT2D eigenvalue weighted by atomic mass is 35.5. The van der Waals surface area contributed by atoms with E-state index in [4.69, 9.17) is 5.10 Å². The first-order chi connectivity index (χ1) is 13.7. The van der Waals surface area contributed by atoms with Gasteiger partial charge in [0.25, 0.3) is 0 Å². The van der Waals surface area contributed by atoms with Gasteiger partial charge in [-0.1, -0.05) is 48.5 Å². The summed E-state index contributed by atoms with van der Waals surface area (Å²) in [6.45, 7) is 1.86. The molecule has 0 atom stereocenters. The Kier molecular flexibility index (Phi) is 7.07. The minimum absolute atomic E-state index is 0. The molecule has 1 N–H and O–H groups in total. The third-order valence-corrected chi connectivity index (χ3v) is 5.10. The molecule has 152 valence electrons. The van der Waals surface area contributed by atoms with Crippen LogP contribution in [0.3, 0.4) is 0 Å². The number of para-hydroxylation sites is 1. The Balaban J connectivity index is 0.00000240. The number of aromatic nitrogens is 2. The van der Waals surface area contributed by atoms with Gasteiger partial charge in [0, 0.05) is 30.9 Å². The summed E-state index contributed by atoms with van der Waals surface area (Å²) in [5.41, 5.74) is 4.01. The number of rotatable bonds is 8. The molecule has 0 unspecified atom stereocenters. The van der Waals surface area contributed by atoms with E-state index >= 15 is 0 Å². The molecule has 0 spiro atoms. The van der Waals surface area contributed by atoms with Crippen LogP contribution in [-0.4, -0.2) is 40.7 Å². The van der Waals surface area contributed by atoms with Gasteiger partial charge in [-0.25, -0.2) is 4.68 Å². The predicted molar refractivity (Wildman–Crippen MR) is 118 cm³/mol. The zero-order valence-electron chi connectivity index (χ0n) is 16.6. The lowest BCUT2D eigenvalue weighted by atomic mass is 10.1. The molecule has 1 heterocycles. The maximum Gasteiger partial charge on any atom is 0.236 e. The van der Waals surface area contributed by atoms with Crippen molar-refractivity contribution >= 4 is 18.3 Å². The first kappa shape index (κ1) is 21.1. The van der Waals surface area contributed by atoms with Crippen molar-refractivity contribution in [2.75, 3.05) is 20.1 Å². The molecule has 4 rings (SSSR count). The Morgan fingerprint density at radius 3 is 2.41 bits per heavy atom. The highest BCUT2D eigenvalue weighted by Gasteiger charge is 2.21. The number of halogens is 1. The van der Waals surface area contributed by atoms with E-state index in [9.17, 15) is 4.79 Å². The molecule has 3 aromatic rings. The molecule has 0 aliphatic heterocycles. The SMILES string of the molecule is CN(Cc1cn(-c2ccccc2)nc1-c1ccccc1)C(=O)CNCC1CC1.Cl. The van der Waals surface area contributed by atoms with Gasteiger partial charge in [0.15, 0.2) is 0 Å². The summed E-state index contributed by atoms with van der Waals surface area (Å²) in [4.78, 5) is 14.3. The van der Waals surface area contributed by atoms with Crippen LogP contribution >= 0.6 is 12.4 Å². The van der Waals surface area contributed by atoms with Gasteiger partial charge in [-0.2, -0.15) is 5.10 Å². The minimum Gasteiger partial charge on any atom is -0.340 e. The van der Waals surface area contributed by atoms with Crippen molar-refractivity contribution in [2.24, 2.45) is 5.92 Å². The molecule has 1 aliphatic carbocycles. The maximum atomic E-state index is 12.5. The first-order valence-corrected chi connectivity index (χ1v) is 9.85. The van der Waals surface area contributed by atoms with Crippen molar-refractivity contribution in [2.45, 2.75) is 19.4 Å². The van der Waals surface area contributed by atoms with Crippen LogP contribution in [0, 0.1) is 5.92 Å². The predicted octanol–water partition coefficient (Wildman–Crippen LogP) is 3.92. The van der Waals surface area contributed by atoms with Crippen molar-refractivity contribution in [3.05, 3.63) is 72.4 Å². The van der Waals surface area contributed by atoms with Gasteiger partial charge in [0.1, 0.15) is 0 Å². The van der Waals surface area contributed by atoms with Gasteiger partial charge < -0.3 is 10.2 Å². The molecule has 6 heteroatoms. The average Bonchev–Trinajstić information content (AvgIpc) is 3.47. The number of likely N-dealkylation sites (N-methyl/N-ethyl adjacent to an activating group) is 1. The number of nitrogens with zero attached hydrogens (tertiary/aromatic N) is 3. The van der Waals surface area contributed by atoms with Crippen LogP contribution in [0.5, 0.6) is 0 Å². The lowest BCUT2D eigenvalue weighted by Crippen LogP contribution is -2.35. The third kappa shape index (κ3) is 5.46. The summed E-state index contributed by atoms with van der Waals surface area (Å²) in [5.74, 6) is 0.874. The largest absolute Gasteiger partial charge is 0.340 e. The summed E-state index contributed by atoms with van der Waals surface area (Å²) in [5, 5.41) is 8.10. The van der Waals surface area contributed by atoms with E-state index in [2.05, 4.69) is 17.4 Å². The van der Waals surface area contributed by atoms with Crippen molar-refractivity contribution < 1.29 is 4.79 Å². The van der Waals surface area contributed by atoms with E-state index in [1.54, 1.807) is 4.90 Å². The lowest BCUT2D eigenvalue weighted by Gasteiger charge is -2.17. The zero-order valence-corrected chi connectivity index (χ0v) is 17.4. The van der Waals surface area contributed by atoms with Crippen molar-refractivity contribution in [1.82, 2.24) is 20.0 Å². The second-order valence-corrected chi connectivity index (χ2v) is 7.47. The van der Waals surface area contributed by atoms with Gasteiger partial charge in [-0.3, -0.25) is 4.79 Å². The number of nitrogens with one attached hydrogen (secondary N) is 1. The molecule has 1 saturated carbocycles. The van der Waals surface area contributed by atoms with Crippen molar-refractivity contribution in [3.63, 3.8) is 0 Å². The fourth-order valence-electron chi connectivity index (χ4n) is 3.26. The van der Waals surface area contributed by atoms with Gasteiger partial charge in [0.05, 0.1) is 17.9 Å². The maximum absolute atomic E-state index is 12.5. The normalized spacial score (nSPS) is 13.0. The molecular weight excluding hydrogens is 384 g/mol. The molecule has 1 fully saturated rings. The van der Waals surface area contributed by atoms with Crippen molar-refractivity contribution in [3.8, 4) is 16.9 Å². The number of carbonyl (C=O) groups is 1. The van der Waals surface area contributed by atoms with Crippen molar-refractivity contribution in [1.29, 1.82) is 0 Å². The molecule has 1 aliphatic rings.